The molecule has 0 saturated carbocycles. The number of morpholine rings is 1. The maximum absolute atomic E-state index is 12.7. The van der Waals surface area contributed by atoms with Crippen molar-refractivity contribution in [3.05, 3.63) is 17.7 Å². The van der Waals surface area contributed by atoms with Crippen molar-refractivity contribution in [1.82, 2.24) is 10.2 Å². The number of nitrogens with zero attached hydrogens (tertiary/aromatic N) is 1. The molecule has 1 aliphatic heterocycles. The van der Waals surface area contributed by atoms with Gasteiger partial charge in [-0.2, -0.15) is 0 Å². The zero-order chi connectivity index (χ0) is 19.8. The van der Waals surface area contributed by atoms with E-state index in [9.17, 15) is 4.79 Å². The number of carbonyl (C=O) groups is 1. The number of benzene rings is 1. The number of hydrogen-bond acceptors (Lipinski definition) is 6. The fourth-order valence-corrected chi connectivity index (χ4v) is 3.37. The molecule has 27 heavy (non-hydrogen) atoms. The van der Waals surface area contributed by atoms with E-state index in [4.69, 9.17) is 18.9 Å². The van der Waals surface area contributed by atoms with Crippen molar-refractivity contribution in [2.45, 2.75) is 26.3 Å². The molecule has 1 heterocycles. The third kappa shape index (κ3) is 5.74. The van der Waals surface area contributed by atoms with Crippen molar-refractivity contribution >= 4 is 5.91 Å². The van der Waals surface area contributed by atoms with Crippen molar-refractivity contribution in [3.8, 4) is 17.2 Å². The van der Waals surface area contributed by atoms with Crippen LogP contribution in [0.5, 0.6) is 17.2 Å². The van der Waals surface area contributed by atoms with Crippen molar-refractivity contribution < 1.29 is 23.7 Å². The molecule has 1 amide bonds. The predicted molar refractivity (Wildman–Crippen MR) is 104 cm³/mol. The fraction of sp³-hybridized carbons (Fsp3) is 0.650. The molecular formula is C20H32N2O5. The van der Waals surface area contributed by atoms with Gasteiger partial charge >= 0.3 is 0 Å². The molecule has 7 nitrogen and oxygen atoms in total. The zero-order valence-corrected chi connectivity index (χ0v) is 17.0. The molecule has 0 aromatic heterocycles. The van der Waals surface area contributed by atoms with Crippen LogP contribution in [0.3, 0.4) is 0 Å². The van der Waals surface area contributed by atoms with Gasteiger partial charge in [0.25, 0.3) is 5.91 Å². The molecule has 1 aromatic carbocycles. The molecule has 0 radical (unpaired) electrons. The molecule has 0 bridgehead atoms. The number of hydrogen-bond donors (Lipinski definition) is 1. The van der Waals surface area contributed by atoms with Gasteiger partial charge in [-0.1, -0.05) is 13.8 Å². The van der Waals surface area contributed by atoms with Gasteiger partial charge in [-0.15, -0.1) is 0 Å². The van der Waals surface area contributed by atoms with Gasteiger partial charge in [0.05, 0.1) is 34.5 Å². The van der Waals surface area contributed by atoms with Crippen molar-refractivity contribution in [1.29, 1.82) is 0 Å². The number of rotatable bonds is 9. The van der Waals surface area contributed by atoms with E-state index in [1.54, 1.807) is 19.2 Å². The lowest BCUT2D eigenvalue weighted by Crippen LogP contribution is -2.49. The molecule has 1 aromatic rings. The Morgan fingerprint density at radius 2 is 1.70 bits per heavy atom. The fourth-order valence-electron chi connectivity index (χ4n) is 3.37. The van der Waals surface area contributed by atoms with Crippen molar-refractivity contribution in [2.75, 3.05) is 54.2 Å². The monoisotopic (exact) mass is 380 g/mol. The Kier molecular flexibility index (Phi) is 8.19. The van der Waals surface area contributed by atoms with Crippen LogP contribution < -0.4 is 19.5 Å². The van der Waals surface area contributed by atoms with Crippen LogP contribution in [0.4, 0.5) is 0 Å². The Labute approximate surface area is 161 Å². The molecule has 1 aliphatic rings. The average Bonchev–Trinajstić information content (AvgIpc) is 2.69. The zero-order valence-electron chi connectivity index (χ0n) is 17.0. The standard InChI is InChI=1S/C20H32N2O5/c1-14(2)10-16(22-6-8-27-9-7-22)13-21-20(23)15-11-17(24-3)19(26-5)18(12-15)25-4/h11-12,14,16H,6-10,13H2,1-5H3,(H,21,23). The van der Waals surface area contributed by atoms with Gasteiger partial charge in [-0.25, -0.2) is 0 Å². The summed E-state index contributed by atoms with van der Waals surface area (Å²) in [7, 11) is 4.62. The van der Waals surface area contributed by atoms with Crippen LogP contribution in [0.1, 0.15) is 30.6 Å². The van der Waals surface area contributed by atoms with Crippen LogP contribution in [-0.4, -0.2) is 71.0 Å². The molecule has 1 N–H and O–H groups in total. The number of nitrogens with one attached hydrogen (secondary N) is 1. The van der Waals surface area contributed by atoms with Crippen molar-refractivity contribution in [2.24, 2.45) is 5.92 Å². The maximum Gasteiger partial charge on any atom is 0.251 e. The van der Waals surface area contributed by atoms with Gasteiger partial charge in [0.1, 0.15) is 0 Å². The maximum atomic E-state index is 12.7. The minimum atomic E-state index is -0.156. The summed E-state index contributed by atoms with van der Waals surface area (Å²) in [6.45, 7) is 8.29. The third-order valence-electron chi connectivity index (χ3n) is 4.73. The summed E-state index contributed by atoms with van der Waals surface area (Å²) >= 11 is 0. The summed E-state index contributed by atoms with van der Waals surface area (Å²) in [4.78, 5) is 15.1. The first kappa shape index (κ1) is 21.3. The molecule has 0 aliphatic carbocycles. The van der Waals surface area contributed by atoms with Gasteiger partial charge in [-0.3, -0.25) is 9.69 Å². The summed E-state index contributed by atoms with van der Waals surface area (Å²) in [5, 5.41) is 3.07. The van der Waals surface area contributed by atoms with Crippen molar-refractivity contribution in [3.63, 3.8) is 0 Å². The van der Waals surface area contributed by atoms with Gasteiger partial charge in [0.2, 0.25) is 5.75 Å². The normalized spacial score (nSPS) is 16.1. The van der Waals surface area contributed by atoms with Gasteiger partial charge in [0.15, 0.2) is 11.5 Å². The summed E-state index contributed by atoms with van der Waals surface area (Å²) in [5.41, 5.74) is 0.481. The topological polar surface area (TPSA) is 69.3 Å². The highest BCUT2D eigenvalue weighted by Gasteiger charge is 2.23. The highest BCUT2D eigenvalue weighted by Crippen LogP contribution is 2.38. The van der Waals surface area contributed by atoms with E-state index < -0.39 is 0 Å². The van der Waals surface area contributed by atoms with Crippen LogP contribution >= 0.6 is 0 Å². The summed E-state index contributed by atoms with van der Waals surface area (Å²) in [6.07, 6.45) is 1.02. The quantitative estimate of drug-likeness (QED) is 0.708. The smallest absolute Gasteiger partial charge is 0.251 e. The molecule has 1 fully saturated rings. The van der Waals surface area contributed by atoms with E-state index in [1.165, 1.54) is 14.2 Å². The van der Waals surface area contributed by atoms with Crippen LogP contribution in [-0.2, 0) is 4.74 Å². The first-order valence-electron chi connectivity index (χ1n) is 9.40. The lowest BCUT2D eigenvalue weighted by molar-refractivity contribution is 0.0124. The Bertz CT molecular complexity index is 589. The first-order valence-corrected chi connectivity index (χ1v) is 9.40. The van der Waals surface area contributed by atoms with Crippen LogP contribution in [0.15, 0.2) is 12.1 Å². The lowest BCUT2D eigenvalue weighted by Gasteiger charge is -2.35. The molecule has 1 unspecified atom stereocenters. The van der Waals surface area contributed by atoms with Gasteiger partial charge < -0.3 is 24.3 Å². The van der Waals surface area contributed by atoms with E-state index >= 15 is 0 Å². The largest absolute Gasteiger partial charge is 0.493 e. The van der Waals surface area contributed by atoms with Gasteiger partial charge in [-0.05, 0) is 24.5 Å². The lowest BCUT2D eigenvalue weighted by atomic mass is 10.0. The average molecular weight is 380 g/mol. The Morgan fingerprint density at radius 1 is 1.11 bits per heavy atom. The molecular weight excluding hydrogens is 348 g/mol. The Balaban J connectivity index is 2.10. The van der Waals surface area contributed by atoms with E-state index in [2.05, 4.69) is 24.1 Å². The molecule has 7 heteroatoms. The van der Waals surface area contributed by atoms with E-state index in [0.717, 1.165) is 32.7 Å². The van der Waals surface area contributed by atoms with Gasteiger partial charge in [0, 0.05) is 31.2 Å². The molecule has 0 spiro atoms. The molecule has 1 atom stereocenters. The molecule has 1 saturated heterocycles. The minimum Gasteiger partial charge on any atom is -0.493 e. The second-order valence-electron chi connectivity index (χ2n) is 7.06. The summed E-state index contributed by atoms with van der Waals surface area (Å²) in [6, 6.07) is 3.63. The number of methoxy groups -OCH3 is 3. The number of amides is 1. The Hall–Kier alpha value is -1.99. The van der Waals surface area contributed by atoms with E-state index in [1.807, 2.05) is 0 Å². The number of ether oxygens (including phenoxy) is 4. The third-order valence-corrected chi connectivity index (χ3v) is 4.73. The summed E-state index contributed by atoms with van der Waals surface area (Å²) in [5.74, 6) is 1.80. The second kappa shape index (κ2) is 10.4. The molecule has 2 rings (SSSR count). The minimum absolute atomic E-state index is 0.156. The second-order valence-corrected chi connectivity index (χ2v) is 7.06. The molecule has 152 valence electrons. The van der Waals surface area contributed by atoms with Crippen LogP contribution in [0, 0.1) is 5.92 Å². The number of carbonyl (C=O) groups excluding carboxylic acids is 1. The Morgan fingerprint density at radius 3 is 2.19 bits per heavy atom. The van der Waals surface area contributed by atoms with Crippen LogP contribution in [0.25, 0.3) is 0 Å². The first-order chi connectivity index (χ1) is 13.0. The highest BCUT2D eigenvalue weighted by molar-refractivity contribution is 5.95. The highest BCUT2D eigenvalue weighted by atomic mass is 16.5. The summed E-state index contributed by atoms with van der Waals surface area (Å²) < 4.78 is 21.4. The SMILES string of the molecule is COc1cc(C(=O)NCC(CC(C)C)N2CCOCC2)cc(OC)c1OC. The predicted octanol–water partition coefficient (Wildman–Crippen LogP) is 2.19. The van der Waals surface area contributed by atoms with E-state index in [0.29, 0.717) is 41.3 Å². The van der Waals surface area contributed by atoms with E-state index in [-0.39, 0.29) is 5.91 Å². The van der Waals surface area contributed by atoms with Crippen LogP contribution in [0.2, 0.25) is 0 Å².